The summed E-state index contributed by atoms with van der Waals surface area (Å²) in [4.78, 5) is 27.4. The molecule has 0 bridgehead atoms. The molecule has 8 rings (SSSR count). The second-order valence-electron chi connectivity index (χ2n) is 14.4. The van der Waals surface area contributed by atoms with Gasteiger partial charge >= 0.3 is 0 Å². The van der Waals surface area contributed by atoms with Crippen LogP contribution in [0.15, 0.2) is 109 Å². The van der Waals surface area contributed by atoms with Crippen molar-refractivity contribution < 1.29 is 23.8 Å². The van der Waals surface area contributed by atoms with Crippen LogP contribution >= 0.6 is 0 Å². The maximum Gasteiger partial charge on any atom is 0.248 e. The van der Waals surface area contributed by atoms with Crippen molar-refractivity contribution in [1.82, 2.24) is 4.98 Å². The van der Waals surface area contributed by atoms with Crippen LogP contribution in [-0.2, 0) is 12.8 Å². The zero-order valence-corrected chi connectivity index (χ0v) is 32.9. The molecule has 0 fully saturated rings. The fraction of sp³-hybridized carbons (Fsp3) is 0.167. The molecule has 4 aromatic carbocycles. The Morgan fingerprint density at radius 2 is 1.09 bits per heavy atom. The van der Waals surface area contributed by atoms with Gasteiger partial charge in [0.2, 0.25) is 17.5 Å². The van der Waals surface area contributed by atoms with E-state index < -0.39 is 11.8 Å². The van der Waals surface area contributed by atoms with Gasteiger partial charge in [-0.3, -0.25) is 14.6 Å². The van der Waals surface area contributed by atoms with Crippen molar-refractivity contribution >= 4 is 23.0 Å². The van der Waals surface area contributed by atoms with Gasteiger partial charge in [-0.2, -0.15) is 4.73 Å². The van der Waals surface area contributed by atoms with Gasteiger partial charge in [0.15, 0.2) is 6.20 Å². The Bertz CT molecular complexity index is 2640. The van der Waals surface area contributed by atoms with Crippen LogP contribution in [0.25, 0.3) is 33.4 Å². The van der Waals surface area contributed by atoms with E-state index >= 15 is 0 Å². The summed E-state index contributed by atoms with van der Waals surface area (Å²) >= 11 is 0. The molecular weight excluding hydrogens is 713 g/mol. The van der Waals surface area contributed by atoms with Gasteiger partial charge in [0.05, 0.1) is 31.9 Å². The average Bonchev–Trinajstić information content (AvgIpc) is 3.85. The molecule has 0 spiro atoms. The molecule has 0 saturated carbocycles. The van der Waals surface area contributed by atoms with Crippen molar-refractivity contribution in [3.8, 4) is 33.8 Å². The quantitative estimate of drug-likeness (QED) is 0.119. The summed E-state index contributed by atoms with van der Waals surface area (Å²) in [6.45, 7) is 8.21. The smallest absolute Gasteiger partial charge is 0.248 e. The van der Waals surface area contributed by atoms with Gasteiger partial charge in [0.1, 0.15) is 11.5 Å². The number of pyridine rings is 2. The van der Waals surface area contributed by atoms with Gasteiger partial charge in [-0.1, -0.05) is 48.6 Å². The van der Waals surface area contributed by atoms with Gasteiger partial charge < -0.3 is 26.1 Å². The molecule has 57 heavy (non-hydrogen) atoms. The molecule has 2 aliphatic rings. The van der Waals surface area contributed by atoms with E-state index in [4.69, 9.17) is 25.9 Å². The van der Waals surface area contributed by atoms with Crippen molar-refractivity contribution in [2.45, 2.75) is 40.5 Å². The third kappa shape index (κ3) is 7.52. The first kappa shape index (κ1) is 38.3. The predicted octanol–water partition coefficient (Wildman–Crippen LogP) is 8.16. The number of aromatic nitrogens is 2. The number of carbonyl (C=O) groups is 2. The Morgan fingerprint density at radius 3 is 1.60 bits per heavy atom. The Labute approximate surface area is 332 Å². The molecule has 2 aliphatic carbocycles. The molecule has 0 radical (unpaired) electrons. The largest absolute Gasteiger partial charge is 0.618 e. The standard InChI is InChI=1S/C24H22N2O3.C24H22N2O2/c1-14-10-18(12-23(29-3)15(14)2)19-11-21-20(8-9-22(21)26(28)13-19)16-4-6-17(7-5-16)24(25)27;1-14-10-18(12-23(28-3)15(14)2)19-11-21-20(8-9-22(21)26-13-19)16-4-6-17(7-5-16)24(25)27/h4-8,10-13H,9H2,1-3H3,(H2,25,27);4-8,10-13H,9H2,1-3H3,(H2,25,27). The Morgan fingerprint density at radius 1 is 0.614 bits per heavy atom. The zero-order valence-electron chi connectivity index (χ0n) is 32.9. The lowest BCUT2D eigenvalue weighted by molar-refractivity contribution is -0.612. The van der Waals surface area contributed by atoms with Crippen molar-refractivity contribution in [1.29, 1.82) is 0 Å². The summed E-state index contributed by atoms with van der Waals surface area (Å²) in [6.07, 6.45) is 9.15. The number of methoxy groups -OCH3 is 2. The molecule has 9 nitrogen and oxygen atoms in total. The lowest BCUT2D eigenvalue weighted by atomic mass is 9.95. The zero-order chi connectivity index (χ0) is 40.5. The van der Waals surface area contributed by atoms with Gasteiger partial charge in [0.25, 0.3) is 0 Å². The highest BCUT2D eigenvalue weighted by Gasteiger charge is 2.25. The number of benzene rings is 4. The van der Waals surface area contributed by atoms with E-state index in [0.29, 0.717) is 17.5 Å². The SMILES string of the molecule is COc1cc(-c2cc3c([n+]([O-])c2)CC=C3c2ccc(C(N)=O)cc2)cc(C)c1C.COc1cc(-c2cnc3c(c2)C(c2ccc(C(N)=O)cc2)=CC3)cc(C)c1C. The van der Waals surface area contributed by atoms with E-state index in [0.717, 1.165) is 106 Å². The fourth-order valence-electron chi connectivity index (χ4n) is 7.44. The number of allylic oxidation sites excluding steroid dienone is 2. The van der Waals surface area contributed by atoms with E-state index in [9.17, 15) is 14.8 Å². The predicted molar refractivity (Wildman–Crippen MR) is 224 cm³/mol. The molecule has 6 aromatic rings. The van der Waals surface area contributed by atoms with Crippen LogP contribution in [0.5, 0.6) is 11.5 Å². The number of carbonyl (C=O) groups excluding carboxylic acids is 2. The highest BCUT2D eigenvalue weighted by atomic mass is 16.5. The first-order valence-corrected chi connectivity index (χ1v) is 18.6. The number of aryl methyl sites for hydroxylation is 2. The van der Waals surface area contributed by atoms with E-state index in [-0.39, 0.29) is 0 Å². The maximum absolute atomic E-state index is 12.7. The number of nitrogens with two attached hydrogens (primary N) is 2. The molecule has 0 saturated heterocycles. The number of fused-ring (bicyclic) bond motifs is 2. The topological polar surface area (TPSA) is 144 Å². The summed E-state index contributed by atoms with van der Waals surface area (Å²) in [6, 6.07) is 27.0. The minimum absolute atomic E-state index is 0.417. The average molecular weight is 757 g/mol. The monoisotopic (exact) mass is 756 g/mol. The van der Waals surface area contributed by atoms with Crippen LogP contribution in [0.1, 0.15) is 76.6 Å². The summed E-state index contributed by atoms with van der Waals surface area (Å²) in [5.74, 6) is 0.810. The highest BCUT2D eigenvalue weighted by molar-refractivity contribution is 5.95. The number of hydrogen-bond acceptors (Lipinski definition) is 6. The van der Waals surface area contributed by atoms with Gasteiger partial charge in [-0.25, -0.2) is 0 Å². The first-order valence-electron chi connectivity index (χ1n) is 18.6. The summed E-state index contributed by atoms with van der Waals surface area (Å²) < 4.78 is 12.0. The molecule has 4 N–H and O–H groups in total. The van der Waals surface area contributed by atoms with Crippen LogP contribution in [0.2, 0.25) is 0 Å². The van der Waals surface area contributed by atoms with Crippen LogP contribution in [0.4, 0.5) is 0 Å². The third-order valence-electron chi connectivity index (χ3n) is 11.0. The van der Waals surface area contributed by atoms with Crippen molar-refractivity contribution in [2.75, 3.05) is 14.2 Å². The Kier molecular flexibility index (Phi) is 10.5. The van der Waals surface area contributed by atoms with Gasteiger partial charge in [-0.15, -0.1) is 0 Å². The lowest BCUT2D eigenvalue weighted by Crippen LogP contribution is -2.31. The maximum atomic E-state index is 12.7. The summed E-state index contributed by atoms with van der Waals surface area (Å²) in [5.41, 5.74) is 28.0. The van der Waals surface area contributed by atoms with Crippen LogP contribution in [0, 0.1) is 32.9 Å². The van der Waals surface area contributed by atoms with Gasteiger partial charge in [-0.05, 0) is 132 Å². The number of ether oxygens (including phenoxy) is 2. The number of amides is 2. The molecule has 0 aliphatic heterocycles. The Hall–Kier alpha value is -7.00. The van der Waals surface area contributed by atoms with Crippen LogP contribution in [-0.4, -0.2) is 31.0 Å². The molecule has 286 valence electrons. The summed E-state index contributed by atoms with van der Waals surface area (Å²) in [7, 11) is 3.35. The second-order valence-corrected chi connectivity index (χ2v) is 14.4. The minimum atomic E-state index is -0.458. The molecule has 9 heteroatoms. The lowest BCUT2D eigenvalue weighted by Gasteiger charge is -2.13. The van der Waals surface area contributed by atoms with Crippen molar-refractivity contribution in [3.05, 3.63) is 182 Å². The molecule has 0 atom stereocenters. The molecule has 2 heterocycles. The number of rotatable bonds is 8. The number of nitrogens with zero attached hydrogens (tertiary/aromatic N) is 2. The first-order chi connectivity index (χ1) is 27.4. The van der Waals surface area contributed by atoms with Crippen molar-refractivity contribution in [3.63, 3.8) is 0 Å². The second kappa shape index (κ2) is 15.6. The molecule has 2 amide bonds. The van der Waals surface area contributed by atoms with E-state index in [2.05, 4.69) is 44.2 Å². The normalized spacial score (nSPS) is 12.5. The minimum Gasteiger partial charge on any atom is -0.618 e. The van der Waals surface area contributed by atoms with E-state index in [1.54, 1.807) is 44.7 Å². The molecular formula is C48H44N4O5. The van der Waals surface area contributed by atoms with Crippen LogP contribution in [0.3, 0.4) is 0 Å². The highest BCUT2D eigenvalue weighted by Crippen LogP contribution is 2.38. The summed E-state index contributed by atoms with van der Waals surface area (Å²) in [5, 5.41) is 12.7. The molecule has 0 unspecified atom stereocenters. The van der Waals surface area contributed by atoms with Crippen molar-refractivity contribution in [2.24, 2.45) is 11.5 Å². The van der Waals surface area contributed by atoms with E-state index in [1.165, 1.54) is 5.56 Å². The van der Waals surface area contributed by atoms with Crippen LogP contribution < -0.4 is 25.7 Å². The van der Waals surface area contributed by atoms with Gasteiger partial charge in [0, 0.05) is 40.4 Å². The fourth-order valence-corrected chi connectivity index (χ4v) is 7.44. The molecule has 2 aromatic heterocycles. The number of primary amides is 2. The number of hydrogen-bond donors (Lipinski definition) is 2. The third-order valence-corrected chi connectivity index (χ3v) is 11.0. The Balaban J connectivity index is 0.000000174. The van der Waals surface area contributed by atoms with E-state index in [1.807, 2.05) is 62.5 Å².